The van der Waals surface area contributed by atoms with E-state index in [0.29, 0.717) is 11.7 Å². The fourth-order valence-corrected chi connectivity index (χ4v) is 1.50. The second kappa shape index (κ2) is 3.41. The molecule has 0 N–H and O–H groups in total. The van der Waals surface area contributed by atoms with Gasteiger partial charge in [0.25, 0.3) is 0 Å². The first-order valence-corrected chi connectivity index (χ1v) is 4.98. The van der Waals surface area contributed by atoms with Crippen LogP contribution in [0.1, 0.15) is 35.7 Å². The standard InChI is InChI=1S/C13H14O/c1-9(2)10-3-5-11(6-4-10)13(14)12-7-8-12/h3-6,12H,1,7-8H2,2H3. The van der Waals surface area contributed by atoms with Crippen LogP contribution in [-0.4, -0.2) is 5.78 Å². The minimum atomic E-state index is 0.304. The average molecular weight is 186 g/mol. The molecule has 0 unspecified atom stereocenters. The molecule has 0 saturated heterocycles. The number of carbonyl (C=O) groups is 1. The van der Waals surface area contributed by atoms with Crippen LogP contribution < -0.4 is 0 Å². The monoisotopic (exact) mass is 186 g/mol. The molecule has 0 amide bonds. The van der Waals surface area contributed by atoms with E-state index in [-0.39, 0.29) is 0 Å². The highest BCUT2D eigenvalue weighted by molar-refractivity contribution is 5.99. The van der Waals surface area contributed by atoms with Crippen molar-refractivity contribution in [2.75, 3.05) is 0 Å². The maximum atomic E-state index is 11.7. The van der Waals surface area contributed by atoms with Crippen LogP contribution >= 0.6 is 0 Å². The van der Waals surface area contributed by atoms with Crippen molar-refractivity contribution < 1.29 is 4.79 Å². The second-order valence-corrected chi connectivity index (χ2v) is 4.00. The van der Waals surface area contributed by atoms with Gasteiger partial charge in [-0.05, 0) is 25.3 Å². The van der Waals surface area contributed by atoms with Crippen molar-refractivity contribution in [2.45, 2.75) is 19.8 Å². The normalized spacial score (nSPS) is 15.2. The van der Waals surface area contributed by atoms with Gasteiger partial charge in [0.1, 0.15) is 0 Å². The highest BCUT2D eigenvalue weighted by atomic mass is 16.1. The maximum absolute atomic E-state index is 11.7. The topological polar surface area (TPSA) is 17.1 Å². The van der Waals surface area contributed by atoms with Crippen LogP contribution in [0.15, 0.2) is 30.8 Å². The number of benzene rings is 1. The largest absolute Gasteiger partial charge is 0.294 e. The molecule has 72 valence electrons. The number of ketones is 1. The fourth-order valence-electron chi connectivity index (χ4n) is 1.50. The van der Waals surface area contributed by atoms with E-state index in [1.54, 1.807) is 0 Å². The molecule has 0 bridgehead atoms. The van der Waals surface area contributed by atoms with Crippen molar-refractivity contribution in [1.29, 1.82) is 0 Å². The van der Waals surface area contributed by atoms with Gasteiger partial charge in [-0.2, -0.15) is 0 Å². The minimum absolute atomic E-state index is 0.304. The lowest BCUT2D eigenvalue weighted by atomic mass is 10.0. The van der Waals surface area contributed by atoms with E-state index in [1.165, 1.54) is 0 Å². The summed E-state index contributed by atoms with van der Waals surface area (Å²) in [6, 6.07) is 7.76. The molecule has 14 heavy (non-hydrogen) atoms. The third kappa shape index (κ3) is 1.77. The summed E-state index contributed by atoms with van der Waals surface area (Å²) >= 11 is 0. The summed E-state index contributed by atoms with van der Waals surface area (Å²) in [5.74, 6) is 0.615. The summed E-state index contributed by atoms with van der Waals surface area (Å²) in [6.45, 7) is 5.83. The number of rotatable bonds is 3. The van der Waals surface area contributed by atoms with Gasteiger partial charge in [0.2, 0.25) is 0 Å². The third-order valence-electron chi connectivity index (χ3n) is 2.61. The molecule has 1 heteroatoms. The summed E-state index contributed by atoms with van der Waals surface area (Å²) in [7, 11) is 0. The Labute approximate surface area is 84.5 Å². The first kappa shape index (κ1) is 9.20. The molecule has 1 saturated carbocycles. The van der Waals surface area contributed by atoms with E-state index in [4.69, 9.17) is 0 Å². The smallest absolute Gasteiger partial charge is 0.165 e. The van der Waals surface area contributed by atoms with Crippen LogP contribution in [0.4, 0.5) is 0 Å². The zero-order chi connectivity index (χ0) is 10.1. The molecule has 1 fully saturated rings. The average Bonchev–Trinajstić information content (AvgIpc) is 3.00. The van der Waals surface area contributed by atoms with Crippen molar-refractivity contribution in [3.05, 3.63) is 42.0 Å². The lowest BCUT2D eigenvalue weighted by molar-refractivity contribution is 0.0967. The van der Waals surface area contributed by atoms with Crippen LogP contribution in [0, 0.1) is 5.92 Å². The number of carbonyl (C=O) groups excluding carboxylic acids is 1. The molecular formula is C13H14O. The summed E-state index contributed by atoms with van der Waals surface area (Å²) in [4.78, 5) is 11.7. The zero-order valence-corrected chi connectivity index (χ0v) is 8.42. The van der Waals surface area contributed by atoms with Crippen LogP contribution in [0.3, 0.4) is 0 Å². The van der Waals surface area contributed by atoms with Crippen molar-refractivity contribution in [3.8, 4) is 0 Å². The number of hydrogen-bond acceptors (Lipinski definition) is 1. The SMILES string of the molecule is C=C(C)c1ccc(C(=O)C2CC2)cc1. The number of Topliss-reactive ketones (excluding diaryl/α,β-unsaturated/α-hetero) is 1. The second-order valence-electron chi connectivity index (χ2n) is 4.00. The molecule has 2 rings (SSSR count). The molecule has 0 aromatic heterocycles. The maximum Gasteiger partial charge on any atom is 0.165 e. The lowest BCUT2D eigenvalue weighted by Crippen LogP contribution is -2.00. The summed E-state index contributed by atoms with van der Waals surface area (Å²) < 4.78 is 0. The van der Waals surface area contributed by atoms with Crippen molar-refractivity contribution in [1.82, 2.24) is 0 Å². The van der Waals surface area contributed by atoms with E-state index in [9.17, 15) is 4.79 Å². The Kier molecular flexibility index (Phi) is 2.24. The highest BCUT2D eigenvalue weighted by Crippen LogP contribution is 2.32. The molecule has 0 spiro atoms. The van der Waals surface area contributed by atoms with E-state index in [0.717, 1.165) is 29.5 Å². The molecule has 1 nitrogen and oxygen atoms in total. The van der Waals surface area contributed by atoms with Crippen LogP contribution in [0.5, 0.6) is 0 Å². The van der Waals surface area contributed by atoms with Gasteiger partial charge in [0.05, 0.1) is 0 Å². The molecule has 0 atom stereocenters. The lowest BCUT2D eigenvalue weighted by Gasteiger charge is -2.01. The molecular weight excluding hydrogens is 172 g/mol. The highest BCUT2D eigenvalue weighted by Gasteiger charge is 2.30. The minimum Gasteiger partial charge on any atom is -0.294 e. The van der Waals surface area contributed by atoms with Crippen molar-refractivity contribution in [3.63, 3.8) is 0 Å². The van der Waals surface area contributed by atoms with E-state index in [1.807, 2.05) is 31.2 Å². The van der Waals surface area contributed by atoms with Gasteiger partial charge >= 0.3 is 0 Å². The number of allylic oxidation sites excluding steroid dienone is 1. The quantitative estimate of drug-likeness (QED) is 0.662. The Morgan fingerprint density at radius 2 is 1.71 bits per heavy atom. The van der Waals surface area contributed by atoms with Gasteiger partial charge in [-0.1, -0.05) is 36.4 Å². The van der Waals surface area contributed by atoms with E-state index >= 15 is 0 Å². The Morgan fingerprint density at radius 1 is 1.21 bits per heavy atom. The fraction of sp³-hybridized carbons (Fsp3) is 0.308. The van der Waals surface area contributed by atoms with Crippen LogP contribution in [-0.2, 0) is 0 Å². The van der Waals surface area contributed by atoms with Crippen molar-refractivity contribution >= 4 is 11.4 Å². The molecule has 0 heterocycles. The summed E-state index contributed by atoms with van der Waals surface area (Å²) in [5.41, 5.74) is 2.99. The van der Waals surface area contributed by atoms with Gasteiger partial charge in [-0.25, -0.2) is 0 Å². The van der Waals surface area contributed by atoms with Crippen LogP contribution in [0.2, 0.25) is 0 Å². The molecule has 0 aliphatic heterocycles. The molecule has 1 aliphatic rings. The van der Waals surface area contributed by atoms with Crippen molar-refractivity contribution in [2.24, 2.45) is 5.92 Å². The Hall–Kier alpha value is -1.37. The van der Waals surface area contributed by atoms with Gasteiger partial charge in [-0.15, -0.1) is 0 Å². The number of hydrogen-bond donors (Lipinski definition) is 0. The molecule has 1 aliphatic carbocycles. The predicted molar refractivity (Wildman–Crippen MR) is 58.2 cm³/mol. The Bertz CT molecular complexity index is 369. The Balaban J connectivity index is 2.20. The molecule has 0 radical (unpaired) electrons. The van der Waals surface area contributed by atoms with Crippen LogP contribution in [0.25, 0.3) is 5.57 Å². The zero-order valence-electron chi connectivity index (χ0n) is 8.42. The third-order valence-corrected chi connectivity index (χ3v) is 2.61. The first-order valence-electron chi connectivity index (χ1n) is 4.98. The molecule has 1 aromatic rings. The predicted octanol–water partition coefficient (Wildman–Crippen LogP) is 3.31. The van der Waals surface area contributed by atoms with E-state index in [2.05, 4.69) is 6.58 Å². The molecule has 1 aromatic carbocycles. The van der Waals surface area contributed by atoms with Gasteiger partial charge < -0.3 is 0 Å². The summed E-state index contributed by atoms with van der Waals surface area (Å²) in [6.07, 6.45) is 2.14. The van der Waals surface area contributed by atoms with Gasteiger partial charge in [0.15, 0.2) is 5.78 Å². The van der Waals surface area contributed by atoms with E-state index < -0.39 is 0 Å². The van der Waals surface area contributed by atoms with Gasteiger partial charge in [0, 0.05) is 11.5 Å². The Morgan fingerprint density at radius 3 is 2.14 bits per heavy atom. The van der Waals surface area contributed by atoms with Gasteiger partial charge in [-0.3, -0.25) is 4.79 Å². The first-order chi connectivity index (χ1) is 6.68. The summed E-state index contributed by atoms with van der Waals surface area (Å²) in [5, 5.41) is 0.